The number of methoxy groups -OCH3 is 1. The van der Waals surface area contributed by atoms with Crippen molar-refractivity contribution in [3.05, 3.63) is 58.1 Å². The number of hydrogen-bond acceptors (Lipinski definition) is 4. The minimum absolute atomic E-state index is 0.312. The second-order valence-electron chi connectivity index (χ2n) is 4.47. The third-order valence-electron chi connectivity index (χ3n) is 2.99. The van der Waals surface area contributed by atoms with Gasteiger partial charge in [0.15, 0.2) is 0 Å². The van der Waals surface area contributed by atoms with Crippen molar-refractivity contribution in [1.82, 2.24) is 0 Å². The van der Waals surface area contributed by atoms with Crippen LogP contribution in [0, 0.1) is 0 Å². The van der Waals surface area contributed by atoms with Crippen molar-refractivity contribution in [2.24, 2.45) is 0 Å². The normalized spacial score (nSPS) is 10.2. The Labute approximate surface area is 132 Å². The van der Waals surface area contributed by atoms with Crippen LogP contribution >= 0.6 is 15.9 Å². The third-order valence-corrected chi connectivity index (χ3v) is 3.68. The number of carbonyl (C=O) groups excluding carboxylic acids is 1. The Balaban J connectivity index is 1.90. The minimum atomic E-state index is -0.386. The van der Waals surface area contributed by atoms with Gasteiger partial charge in [-0.05, 0) is 51.8 Å². The van der Waals surface area contributed by atoms with Crippen molar-refractivity contribution in [1.29, 1.82) is 0 Å². The van der Waals surface area contributed by atoms with Gasteiger partial charge in [0.25, 0.3) is 0 Å². The van der Waals surface area contributed by atoms with Crippen molar-refractivity contribution in [3.63, 3.8) is 0 Å². The molecular weight excluding hydrogens is 334 g/mol. The summed E-state index contributed by atoms with van der Waals surface area (Å²) in [4.78, 5) is 12.0. The van der Waals surface area contributed by atoms with Gasteiger partial charge < -0.3 is 15.2 Å². The molecule has 0 saturated carbocycles. The van der Waals surface area contributed by atoms with Crippen molar-refractivity contribution in [2.45, 2.75) is 6.42 Å². The fraction of sp³-hybridized carbons (Fsp3) is 0.188. The molecular formula is C16H16BrNO3. The molecule has 0 bridgehead atoms. The largest absolute Gasteiger partial charge is 0.497 e. The molecule has 110 valence electrons. The molecule has 5 heteroatoms. The number of esters is 1. The van der Waals surface area contributed by atoms with Gasteiger partial charge in [-0.1, -0.05) is 12.1 Å². The molecule has 0 aliphatic heterocycles. The Bertz CT molecular complexity index is 626. The molecule has 2 aromatic carbocycles. The number of halogens is 1. The summed E-state index contributed by atoms with van der Waals surface area (Å²) < 4.78 is 11.0. The van der Waals surface area contributed by atoms with Gasteiger partial charge in [0, 0.05) is 16.6 Å². The van der Waals surface area contributed by atoms with Crippen LogP contribution in [-0.2, 0) is 11.2 Å². The molecule has 0 unspecified atom stereocenters. The number of ether oxygens (including phenoxy) is 2. The van der Waals surface area contributed by atoms with Crippen LogP contribution < -0.4 is 10.5 Å². The lowest BCUT2D eigenvalue weighted by atomic mass is 10.1. The van der Waals surface area contributed by atoms with Crippen LogP contribution in [-0.4, -0.2) is 19.7 Å². The van der Waals surface area contributed by atoms with Crippen LogP contribution in [0.1, 0.15) is 15.9 Å². The molecule has 0 radical (unpaired) electrons. The standard InChI is InChI=1S/C16H16BrNO3/c1-20-13-5-2-11(3-6-13)8-9-21-16(19)14-10-12(18)4-7-15(14)17/h2-7,10H,8-9,18H2,1H3. The highest BCUT2D eigenvalue weighted by atomic mass is 79.9. The SMILES string of the molecule is COc1ccc(CCOC(=O)c2cc(N)ccc2Br)cc1. The van der Waals surface area contributed by atoms with E-state index in [0.717, 1.165) is 11.3 Å². The van der Waals surface area contributed by atoms with E-state index in [9.17, 15) is 4.79 Å². The molecule has 0 aromatic heterocycles. The van der Waals surface area contributed by atoms with E-state index in [2.05, 4.69) is 15.9 Å². The van der Waals surface area contributed by atoms with Crippen LogP contribution in [0.5, 0.6) is 5.75 Å². The molecule has 2 rings (SSSR count). The van der Waals surface area contributed by atoms with Crippen LogP contribution in [0.2, 0.25) is 0 Å². The zero-order valence-corrected chi connectivity index (χ0v) is 13.2. The molecule has 4 nitrogen and oxygen atoms in total. The average Bonchev–Trinajstić information content (AvgIpc) is 2.50. The average molecular weight is 350 g/mol. The summed E-state index contributed by atoms with van der Waals surface area (Å²) in [5.74, 6) is 0.419. The van der Waals surface area contributed by atoms with E-state index in [0.29, 0.717) is 28.8 Å². The Morgan fingerprint density at radius 3 is 2.57 bits per heavy atom. The summed E-state index contributed by atoms with van der Waals surface area (Å²) in [6.45, 7) is 0.312. The predicted molar refractivity (Wildman–Crippen MR) is 85.5 cm³/mol. The van der Waals surface area contributed by atoms with E-state index in [1.807, 2.05) is 24.3 Å². The Hall–Kier alpha value is -2.01. The molecule has 0 saturated heterocycles. The molecule has 0 atom stereocenters. The summed E-state index contributed by atoms with van der Waals surface area (Å²) in [6.07, 6.45) is 0.648. The highest BCUT2D eigenvalue weighted by Gasteiger charge is 2.11. The molecule has 0 fully saturated rings. The third kappa shape index (κ3) is 4.23. The first-order valence-corrected chi connectivity index (χ1v) is 7.24. The smallest absolute Gasteiger partial charge is 0.339 e. The van der Waals surface area contributed by atoms with Crippen LogP contribution in [0.4, 0.5) is 5.69 Å². The number of anilines is 1. The van der Waals surface area contributed by atoms with Crippen molar-refractivity contribution in [2.75, 3.05) is 19.5 Å². The van der Waals surface area contributed by atoms with E-state index >= 15 is 0 Å². The fourth-order valence-electron chi connectivity index (χ4n) is 1.83. The van der Waals surface area contributed by atoms with Gasteiger partial charge in [-0.3, -0.25) is 0 Å². The Kier molecular flexibility index (Phi) is 5.22. The maximum Gasteiger partial charge on any atom is 0.339 e. The van der Waals surface area contributed by atoms with Gasteiger partial charge in [0.2, 0.25) is 0 Å². The zero-order chi connectivity index (χ0) is 15.2. The molecule has 0 aliphatic rings. The van der Waals surface area contributed by atoms with Crippen molar-refractivity contribution < 1.29 is 14.3 Å². The Morgan fingerprint density at radius 1 is 1.19 bits per heavy atom. The van der Waals surface area contributed by atoms with Crippen molar-refractivity contribution >= 4 is 27.6 Å². The predicted octanol–water partition coefficient (Wildman–Crippen LogP) is 3.44. The van der Waals surface area contributed by atoms with Gasteiger partial charge in [-0.15, -0.1) is 0 Å². The first kappa shape index (κ1) is 15.4. The van der Waals surface area contributed by atoms with E-state index in [-0.39, 0.29) is 5.97 Å². The highest BCUT2D eigenvalue weighted by molar-refractivity contribution is 9.10. The number of nitrogens with two attached hydrogens (primary N) is 1. The lowest BCUT2D eigenvalue weighted by Gasteiger charge is -2.08. The second kappa shape index (κ2) is 7.13. The number of benzene rings is 2. The number of hydrogen-bond donors (Lipinski definition) is 1. The molecule has 0 spiro atoms. The van der Waals surface area contributed by atoms with Gasteiger partial charge in [0.05, 0.1) is 19.3 Å². The minimum Gasteiger partial charge on any atom is -0.497 e. The molecule has 0 amide bonds. The van der Waals surface area contributed by atoms with Crippen molar-refractivity contribution in [3.8, 4) is 5.75 Å². The summed E-state index contributed by atoms with van der Waals surface area (Å²) >= 11 is 3.31. The molecule has 21 heavy (non-hydrogen) atoms. The summed E-state index contributed by atoms with van der Waals surface area (Å²) in [6, 6.07) is 12.7. The lowest BCUT2D eigenvalue weighted by molar-refractivity contribution is 0.0508. The monoisotopic (exact) mass is 349 g/mol. The molecule has 0 heterocycles. The number of rotatable bonds is 5. The van der Waals surface area contributed by atoms with E-state index in [1.165, 1.54) is 0 Å². The Morgan fingerprint density at radius 2 is 1.90 bits per heavy atom. The van der Waals surface area contributed by atoms with E-state index in [1.54, 1.807) is 25.3 Å². The maximum absolute atomic E-state index is 12.0. The topological polar surface area (TPSA) is 61.5 Å². The van der Waals surface area contributed by atoms with Crippen LogP contribution in [0.15, 0.2) is 46.9 Å². The lowest BCUT2D eigenvalue weighted by Crippen LogP contribution is -2.09. The first-order chi connectivity index (χ1) is 10.1. The fourth-order valence-corrected chi connectivity index (χ4v) is 2.24. The van der Waals surface area contributed by atoms with Crippen LogP contribution in [0.3, 0.4) is 0 Å². The summed E-state index contributed by atoms with van der Waals surface area (Å²) in [5.41, 5.74) is 7.71. The first-order valence-electron chi connectivity index (χ1n) is 6.45. The van der Waals surface area contributed by atoms with Crippen LogP contribution in [0.25, 0.3) is 0 Å². The molecule has 2 N–H and O–H groups in total. The second-order valence-corrected chi connectivity index (χ2v) is 5.33. The van der Waals surface area contributed by atoms with Gasteiger partial charge >= 0.3 is 5.97 Å². The van der Waals surface area contributed by atoms with E-state index in [4.69, 9.17) is 15.2 Å². The summed E-state index contributed by atoms with van der Waals surface area (Å²) in [7, 11) is 1.63. The molecule has 0 aliphatic carbocycles. The van der Waals surface area contributed by atoms with Gasteiger partial charge in [0.1, 0.15) is 5.75 Å². The van der Waals surface area contributed by atoms with Gasteiger partial charge in [-0.25, -0.2) is 4.79 Å². The quantitative estimate of drug-likeness (QED) is 0.663. The number of carbonyl (C=O) groups is 1. The van der Waals surface area contributed by atoms with Gasteiger partial charge in [-0.2, -0.15) is 0 Å². The zero-order valence-electron chi connectivity index (χ0n) is 11.6. The number of nitrogen functional groups attached to an aromatic ring is 1. The highest BCUT2D eigenvalue weighted by Crippen LogP contribution is 2.20. The maximum atomic E-state index is 12.0. The molecule has 2 aromatic rings. The summed E-state index contributed by atoms with van der Waals surface area (Å²) in [5, 5.41) is 0. The van der Waals surface area contributed by atoms with E-state index < -0.39 is 0 Å².